The lowest BCUT2D eigenvalue weighted by Crippen LogP contribution is -2.41. The molecule has 7 nitrogen and oxygen atoms in total. The van der Waals surface area contributed by atoms with E-state index in [2.05, 4.69) is 9.82 Å². The summed E-state index contributed by atoms with van der Waals surface area (Å²) in [4.78, 5) is 14.6. The number of carbonyl (C=O) groups excluding carboxylic acids is 1. The first-order valence-corrected chi connectivity index (χ1v) is 10.1. The number of piperidine rings is 1. The summed E-state index contributed by atoms with van der Waals surface area (Å²) in [7, 11) is -3.14. The number of aryl methyl sites for hydroxylation is 1. The maximum Gasteiger partial charge on any atom is 0.257 e. The molecule has 128 valence electrons. The highest BCUT2D eigenvalue weighted by Gasteiger charge is 2.27. The number of aromatic nitrogens is 2. The largest absolute Gasteiger partial charge is 0.339 e. The van der Waals surface area contributed by atoms with E-state index in [1.54, 1.807) is 6.20 Å². The summed E-state index contributed by atoms with van der Waals surface area (Å²) in [5.74, 6) is 0.373. The molecule has 3 rings (SSSR count). The number of rotatable bonds is 4. The fourth-order valence-corrected chi connectivity index (χ4v) is 3.92. The monoisotopic (exact) mass is 340 g/mol. The molecule has 0 aromatic carbocycles. The maximum atomic E-state index is 12.7. The van der Waals surface area contributed by atoms with Crippen LogP contribution in [0, 0.1) is 5.92 Å². The fraction of sp³-hybridized carbons (Fsp3) is 0.733. The van der Waals surface area contributed by atoms with Gasteiger partial charge in [-0.3, -0.25) is 9.48 Å². The second-order valence-electron chi connectivity index (χ2n) is 6.54. The Morgan fingerprint density at radius 1 is 1.30 bits per heavy atom. The van der Waals surface area contributed by atoms with Crippen LogP contribution < -0.4 is 4.72 Å². The summed E-state index contributed by atoms with van der Waals surface area (Å²) in [5, 5.41) is 4.34. The summed E-state index contributed by atoms with van der Waals surface area (Å²) < 4.78 is 26.8. The molecular weight excluding hydrogens is 316 g/mol. The molecule has 0 aliphatic carbocycles. The van der Waals surface area contributed by atoms with Crippen molar-refractivity contribution >= 4 is 15.9 Å². The second kappa shape index (κ2) is 6.60. The van der Waals surface area contributed by atoms with Crippen molar-refractivity contribution in [1.82, 2.24) is 19.4 Å². The molecular formula is C15H24N4O3S. The number of amides is 1. The number of hydrogen-bond acceptors (Lipinski definition) is 4. The highest BCUT2D eigenvalue weighted by atomic mass is 32.2. The van der Waals surface area contributed by atoms with Gasteiger partial charge in [-0.25, -0.2) is 13.1 Å². The fourth-order valence-electron chi connectivity index (χ4n) is 3.38. The Labute approximate surface area is 137 Å². The first kappa shape index (κ1) is 16.4. The van der Waals surface area contributed by atoms with Crippen molar-refractivity contribution in [3.63, 3.8) is 0 Å². The van der Waals surface area contributed by atoms with E-state index in [0.29, 0.717) is 25.6 Å². The van der Waals surface area contributed by atoms with Gasteiger partial charge in [-0.05, 0) is 38.0 Å². The van der Waals surface area contributed by atoms with Gasteiger partial charge < -0.3 is 4.90 Å². The van der Waals surface area contributed by atoms with Crippen molar-refractivity contribution in [2.45, 2.75) is 38.6 Å². The van der Waals surface area contributed by atoms with Crippen molar-refractivity contribution in [3.8, 4) is 0 Å². The van der Waals surface area contributed by atoms with Crippen LogP contribution in [0.4, 0.5) is 0 Å². The topological polar surface area (TPSA) is 84.3 Å². The zero-order valence-electron chi connectivity index (χ0n) is 13.5. The Hall–Kier alpha value is -1.41. The summed E-state index contributed by atoms with van der Waals surface area (Å²) >= 11 is 0. The van der Waals surface area contributed by atoms with Crippen LogP contribution in [-0.2, 0) is 23.0 Å². The number of nitrogens with zero attached hydrogens (tertiary/aromatic N) is 3. The molecule has 0 radical (unpaired) electrons. The highest BCUT2D eigenvalue weighted by Crippen LogP contribution is 2.23. The van der Waals surface area contributed by atoms with E-state index in [0.717, 1.165) is 49.9 Å². The first-order valence-electron chi connectivity index (χ1n) is 8.22. The Bertz CT molecular complexity index is 675. The molecule has 0 spiro atoms. The van der Waals surface area contributed by atoms with Crippen molar-refractivity contribution in [3.05, 3.63) is 17.5 Å². The molecule has 0 atom stereocenters. The van der Waals surface area contributed by atoms with Crippen molar-refractivity contribution in [2.24, 2.45) is 5.92 Å². The number of nitrogens with one attached hydrogen (secondary N) is 1. The molecule has 0 bridgehead atoms. The van der Waals surface area contributed by atoms with E-state index in [9.17, 15) is 13.2 Å². The molecule has 2 aliphatic heterocycles. The van der Waals surface area contributed by atoms with Crippen LogP contribution in [-0.4, -0.2) is 54.9 Å². The predicted octanol–water partition coefficient (Wildman–Crippen LogP) is 0.621. The summed E-state index contributed by atoms with van der Waals surface area (Å²) in [6.07, 6.45) is 7.71. The average Bonchev–Trinajstić information content (AvgIpc) is 2.96. The molecule has 2 aliphatic rings. The van der Waals surface area contributed by atoms with Gasteiger partial charge in [-0.1, -0.05) is 0 Å². The Balaban J connectivity index is 1.57. The zero-order valence-corrected chi connectivity index (χ0v) is 14.3. The molecule has 1 saturated heterocycles. The molecule has 8 heteroatoms. The van der Waals surface area contributed by atoms with E-state index in [1.807, 2.05) is 9.58 Å². The summed E-state index contributed by atoms with van der Waals surface area (Å²) in [6.45, 7) is 2.73. The van der Waals surface area contributed by atoms with Gasteiger partial charge in [0.15, 0.2) is 0 Å². The van der Waals surface area contributed by atoms with Crippen LogP contribution in [0.1, 0.15) is 41.7 Å². The minimum atomic E-state index is -3.14. The number of hydrogen-bond donors (Lipinski definition) is 1. The van der Waals surface area contributed by atoms with E-state index in [-0.39, 0.29) is 5.91 Å². The lowest BCUT2D eigenvalue weighted by Gasteiger charge is -2.32. The van der Waals surface area contributed by atoms with E-state index < -0.39 is 10.0 Å². The molecule has 3 heterocycles. The minimum absolute atomic E-state index is 0.0719. The number of sulfonamides is 1. The van der Waals surface area contributed by atoms with Gasteiger partial charge in [0.2, 0.25) is 10.0 Å². The SMILES string of the molecule is CS(=O)(=O)NCC1CCN(C(=O)c2cnn3c2CCCC3)CC1. The molecule has 1 aromatic rings. The van der Waals surface area contributed by atoms with E-state index >= 15 is 0 Å². The van der Waals surface area contributed by atoms with E-state index in [4.69, 9.17) is 0 Å². The normalized spacial score (nSPS) is 19.6. The van der Waals surface area contributed by atoms with Crippen LogP contribution in [0.5, 0.6) is 0 Å². The van der Waals surface area contributed by atoms with Crippen LogP contribution in [0.2, 0.25) is 0 Å². The Morgan fingerprint density at radius 3 is 2.74 bits per heavy atom. The third-order valence-corrected chi connectivity index (χ3v) is 5.44. The van der Waals surface area contributed by atoms with Crippen molar-refractivity contribution in [2.75, 3.05) is 25.9 Å². The quantitative estimate of drug-likeness (QED) is 0.871. The lowest BCUT2D eigenvalue weighted by atomic mass is 9.96. The summed E-state index contributed by atoms with van der Waals surface area (Å²) in [6, 6.07) is 0. The standard InChI is InChI=1S/C15H24N4O3S/c1-23(21,22)17-10-12-5-8-18(9-6-12)15(20)13-11-16-19-7-3-2-4-14(13)19/h11-12,17H,2-10H2,1H3. The van der Waals surface area contributed by atoms with Crippen LogP contribution in [0.3, 0.4) is 0 Å². The zero-order chi connectivity index (χ0) is 16.4. The van der Waals surface area contributed by atoms with E-state index in [1.165, 1.54) is 6.26 Å². The maximum absolute atomic E-state index is 12.7. The van der Waals surface area contributed by atoms with Gasteiger partial charge >= 0.3 is 0 Å². The minimum Gasteiger partial charge on any atom is -0.339 e. The highest BCUT2D eigenvalue weighted by molar-refractivity contribution is 7.88. The van der Waals surface area contributed by atoms with Gasteiger partial charge in [-0.15, -0.1) is 0 Å². The third-order valence-electron chi connectivity index (χ3n) is 4.75. The molecule has 1 amide bonds. The average molecular weight is 340 g/mol. The summed E-state index contributed by atoms with van der Waals surface area (Å²) in [5.41, 5.74) is 1.82. The number of carbonyl (C=O) groups is 1. The van der Waals surface area contributed by atoms with Crippen LogP contribution >= 0.6 is 0 Å². The molecule has 1 N–H and O–H groups in total. The number of fused-ring (bicyclic) bond motifs is 1. The van der Waals surface area contributed by atoms with Gasteiger partial charge in [0, 0.05) is 26.2 Å². The Morgan fingerprint density at radius 2 is 2.04 bits per heavy atom. The van der Waals surface area contributed by atoms with Gasteiger partial charge in [0.25, 0.3) is 5.91 Å². The van der Waals surface area contributed by atoms with Crippen LogP contribution in [0.25, 0.3) is 0 Å². The molecule has 23 heavy (non-hydrogen) atoms. The van der Waals surface area contributed by atoms with Gasteiger partial charge in [0.1, 0.15) is 0 Å². The molecule has 0 saturated carbocycles. The molecule has 1 aromatic heterocycles. The van der Waals surface area contributed by atoms with Crippen molar-refractivity contribution in [1.29, 1.82) is 0 Å². The number of likely N-dealkylation sites (tertiary alicyclic amines) is 1. The lowest BCUT2D eigenvalue weighted by molar-refractivity contribution is 0.0690. The first-order chi connectivity index (χ1) is 10.9. The smallest absolute Gasteiger partial charge is 0.257 e. The van der Waals surface area contributed by atoms with Crippen LogP contribution in [0.15, 0.2) is 6.20 Å². The van der Waals surface area contributed by atoms with Gasteiger partial charge in [0.05, 0.1) is 23.7 Å². The predicted molar refractivity (Wildman–Crippen MR) is 86.6 cm³/mol. The second-order valence-corrected chi connectivity index (χ2v) is 8.37. The third kappa shape index (κ3) is 3.92. The Kier molecular flexibility index (Phi) is 4.72. The molecule has 0 unspecified atom stereocenters. The van der Waals surface area contributed by atoms with Crippen molar-refractivity contribution < 1.29 is 13.2 Å². The molecule has 1 fully saturated rings. The van der Waals surface area contributed by atoms with Gasteiger partial charge in [-0.2, -0.15) is 5.10 Å².